The van der Waals surface area contributed by atoms with Crippen molar-refractivity contribution in [2.24, 2.45) is 0 Å². The molecule has 0 spiro atoms. The Bertz CT molecular complexity index is 668. The van der Waals surface area contributed by atoms with E-state index in [9.17, 15) is 9.18 Å². The van der Waals surface area contributed by atoms with Crippen molar-refractivity contribution < 1.29 is 13.9 Å². The van der Waals surface area contributed by atoms with Crippen LogP contribution >= 0.6 is 0 Å². The van der Waals surface area contributed by atoms with Crippen LogP contribution in [0.25, 0.3) is 0 Å². The molecule has 122 valence electrons. The summed E-state index contributed by atoms with van der Waals surface area (Å²) in [5, 5.41) is 2.84. The van der Waals surface area contributed by atoms with Crippen LogP contribution in [0.5, 0.6) is 5.75 Å². The van der Waals surface area contributed by atoms with Crippen LogP contribution < -0.4 is 10.1 Å². The second-order valence-corrected chi connectivity index (χ2v) is 5.56. The number of aryl methyl sites for hydroxylation is 1. The maximum absolute atomic E-state index is 12.9. The molecule has 1 atom stereocenters. The van der Waals surface area contributed by atoms with E-state index in [2.05, 4.69) is 5.32 Å². The molecular formula is C19H22FNO2. The smallest absolute Gasteiger partial charge is 0.261 e. The lowest BCUT2D eigenvalue weighted by molar-refractivity contribution is -0.128. The van der Waals surface area contributed by atoms with Gasteiger partial charge in [0.2, 0.25) is 0 Å². The third-order valence-electron chi connectivity index (χ3n) is 3.87. The molecule has 0 aromatic heterocycles. The molecule has 4 heteroatoms. The van der Waals surface area contributed by atoms with E-state index in [0.29, 0.717) is 13.0 Å². The van der Waals surface area contributed by atoms with Gasteiger partial charge in [0.1, 0.15) is 11.6 Å². The molecule has 0 heterocycles. The number of hydrogen-bond acceptors (Lipinski definition) is 2. The summed E-state index contributed by atoms with van der Waals surface area (Å²) in [4.78, 5) is 12.3. The maximum atomic E-state index is 12.9. The summed E-state index contributed by atoms with van der Waals surface area (Å²) in [7, 11) is 0. The standard InChI is InChI=1S/C19H22FNO2/c1-4-17(23-18-7-5-6-13(2)14(18)3)19(22)21-12-15-8-10-16(20)11-9-15/h5-11,17H,4,12H2,1-3H3,(H,21,22)/t17-/m1/s1. The SMILES string of the molecule is CC[C@@H](Oc1cccc(C)c1C)C(=O)NCc1ccc(F)cc1. The first-order chi connectivity index (χ1) is 11.0. The van der Waals surface area contributed by atoms with E-state index < -0.39 is 6.10 Å². The lowest BCUT2D eigenvalue weighted by Gasteiger charge is -2.19. The molecule has 0 unspecified atom stereocenters. The van der Waals surface area contributed by atoms with Gasteiger partial charge in [0, 0.05) is 6.54 Å². The average Bonchev–Trinajstić information content (AvgIpc) is 2.55. The molecule has 0 saturated heterocycles. The minimum Gasteiger partial charge on any atom is -0.480 e. The van der Waals surface area contributed by atoms with E-state index >= 15 is 0 Å². The number of ether oxygens (including phenoxy) is 1. The summed E-state index contributed by atoms with van der Waals surface area (Å²) in [5.41, 5.74) is 3.02. The fraction of sp³-hybridized carbons (Fsp3) is 0.316. The summed E-state index contributed by atoms with van der Waals surface area (Å²) >= 11 is 0. The lowest BCUT2D eigenvalue weighted by Crippen LogP contribution is -2.37. The molecule has 0 saturated carbocycles. The normalized spacial score (nSPS) is 11.8. The van der Waals surface area contributed by atoms with Crippen molar-refractivity contribution in [2.45, 2.75) is 39.8 Å². The fourth-order valence-electron chi connectivity index (χ4n) is 2.23. The van der Waals surface area contributed by atoms with Gasteiger partial charge >= 0.3 is 0 Å². The van der Waals surface area contributed by atoms with Crippen LogP contribution in [0.3, 0.4) is 0 Å². The van der Waals surface area contributed by atoms with Gasteiger partial charge in [-0.25, -0.2) is 4.39 Å². The van der Waals surface area contributed by atoms with Gasteiger partial charge in [0.25, 0.3) is 5.91 Å². The van der Waals surface area contributed by atoms with Crippen LogP contribution in [0.1, 0.15) is 30.0 Å². The minimum atomic E-state index is -0.545. The quantitative estimate of drug-likeness (QED) is 0.877. The van der Waals surface area contributed by atoms with E-state index in [1.165, 1.54) is 12.1 Å². The monoisotopic (exact) mass is 315 g/mol. The van der Waals surface area contributed by atoms with Gasteiger partial charge in [-0.2, -0.15) is 0 Å². The molecule has 2 aromatic rings. The van der Waals surface area contributed by atoms with Crippen LogP contribution in [0.4, 0.5) is 4.39 Å². The molecule has 0 radical (unpaired) electrons. The Morgan fingerprint density at radius 1 is 1.17 bits per heavy atom. The van der Waals surface area contributed by atoms with Crippen LogP contribution in [-0.2, 0) is 11.3 Å². The second-order valence-electron chi connectivity index (χ2n) is 5.56. The average molecular weight is 315 g/mol. The number of halogens is 1. The fourth-order valence-corrected chi connectivity index (χ4v) is 2.23. The van der Waals surface area contributed by atoms with Crippen molar-refractivity contribution in [1.82, 2.24) is 5.32 Å². The summed E-state index contributed by atoms with van der Waals surface area (Å²) < 4.78 is 18.7. The van der Waals surface area contributed by atoms with Gasteiger partial charge in [0.05, 0.1) is 0 Å². The minimum absolute atomic E-state index is 0.169. The maximum Gasteiger partial charge on any atom is 0.261 e. The van der Waals surface area contributed by atoms with Crippen LogP contribution in [0, 0.1) is 19.7 Å². The summed E-state index contributed by atoms with van der Waals surface area (Å²) in [5.74, 6) is 0.274. The largest absolute Gasteiger partial charge is 0.480 e. The Morgan fingerprint density at radius 3 is 2.52 bits per heavy atom. The van der Waals surface area contributed by atoms with E-state index in [0.717, 1.165) is 22.4 Å². The van der Waals surface area contributed by atoms with Crippen molar-refractivity contribution in [3.05, 3.63) is 65.0 Å². The van der Waals surface area contributed by atoms with Crippen molar-refractivity contribution >= 4 is 5.91 Å². The molecule has 0 bridgehead atoms. The molecule has 0 aliphatic carbocycles. The molecule has 0 fully saturated rings. The number of carbonyl (C=O) groups is 1. The van der Waals surface area contributed by atoms with Gasteiger partial charge in [-0.3, -0.25) is 4.79 Å². The van der Waals surface area contributed by atoms with Crippen molar-refractivity contribution in [1.29, 1.82) is 0 Å². The number of amides is 1. The Labute approximate surface area is 136 Å². The van der Waals surface area contributed by atoms with Crippen molar-refractivity contribution in [2.75, 3.05) is 0 Å². The van der Waals surface area contributed by atoms with Gasteiger partial charge < -0.3 is 10.1 Å². The number of carbonyl (C=O) groups excluding carboxylic acids is 1. The van der Waals surface area contributed by atoms with E-state index in [1.807, 2.05) is 39.0 Å². The van der Waals surface area contributed by atoms with Crippen LogP contribution in [-0.4, -0.2) is 12.0 Å². The molecule has 2 aromatic carbocycles. The second kappa shape index (κ2) is 7.77. The number of nitrogens with one attached hydrogen (secondary N) is 1. The molecule has 0 aliphatic rings. The van der Waals surface area contributed by atoms with E-state index in [4.69, 9.17) is 4.74 Å². The summed E-state index contributed by atoms with van der Waals surface area (Å²) in [6.45, 7) is 6.25. The molecule has 1 amide bonds. The highest BCUT2D eigenvalue weighted by molar-refractivity contribution is 5.81. The zero-order valence-corrected chi connectivity index (χ0v) is 13.7. The van der Waals surface area contributed by atoms with E-state index in [1.54, 1.807) is 12.1 Å². The molecule has 0 aliphatic heterocycles. The summed E-state index contributed by atoms with van der Waals surface area (Å²) in [6, 6.07) is 11.9. The topological polar surface area (TPSA) is 38.3 Å². The van der Waals surface area contributed by atoms with Crippen LogP contribution in [0.15, 0.2) is 42.5 Å². The highest BCUT2D eigenvalue weighted by Gasteiger charge is 2.19. The molecule has 23 heavy (non-hydrogen) atoms. The molecule has 2 rings (SSSR count). The van der Waals surface area contributed by atoms with Gasteiger partial charge in [-0.05, 0) is 55.2 Å². The van der Waals surface area contributed by atoms with Gasteiger partial charge in [0.15, 0.2) is 6.10 Å². The Morgan fingerprint density at radius 2 is 1.87 bits per heavy atom. The number of benzene rings is 2. The highest BCUT2D eigenvalue weighted by atomic mass is 19.1. The first kappa shape index (κ1) is 17.0. The van der Waals surface area contributed by atoms with Crippen LogP contribution in [0.2, 0.25) is 0 Å². The predicted octanol–water partition coefficient (Wildman–Crippen LogP) is 3.92. The lowest BCUT2D eigenvalue weighted by atomic mass is 10.1. The zero-order chi connectivity index (χ0) is 16.8. The molecule has 1 N–H and O–H groups in total. The van der Waals surface area contributed by atoms with Gasteiger partial charge in [-0.1, -0.05) is 31.2 Å². The van der Waals surface area contributed by atoms with Crippen molar-refractivity contribution in [3.63, 3.8) is 0 Å². The van der Waals surface area contributed by atoms with Gasteiger partial charge in [-0.15, -0.1) is 0 Å². The summed E-state index contributed by atoms with van der Waals surface area (Å²) in [6.07, 6.45) is 0.0266. The third kappa shape index (κ3) is 4.55. The first-order valence-electron chi connectivity index (χ1n) is 7.76. The van der Waals surface area contributed by atoms with E-state index in [-0.39, 0.29) is 11.7 Å². The Kier molecular flexibility index (Phi) is 5.74. The highest BCUT2D eigenvalue weighted by Crippen LogP contribution is 2.22. The Hall–Kier alpha value is -2.36. The molecular weight excluding hydrogens is 293 g/mol. The molecule has 3 nitrogen and oxygen atoms in total. The number of hydrogen-bond donors (Lipinski definition) is 1. The first-order valence-corrected chi connectivity index (χ1v) is 7.76. The Balaban J connectivity index is 1.98. The number of rotatable bonds is 6. The van der Waals surface area contributed by atoms with Crippen molar-refractivity contribution in [3.8, 4) is 5.75 Å². The zero-order valence-electron chi connectivity index (χ0n) is 13.7. The predicted molar refractivity (Wildman–Crippen MR) is 88.9 cm³/mol. The third-order valence-corrected chi connectivity index (χ3v) is 3.87.